The summed E-state index contributed by atoms with van der Waals surface area (Å²) in [5.74, 6) is -1.02. The minimum atomic E-state index is -0.822. The van der Waals surface area contributed by atoms with E-state index in [1.807, 2.05) is 48.6 Å². The topological polar surface area (TPSA) is 78.9 Å². The van der Waals surface area contributed by atoms with Crippen LogP contribution in [0.2, 0.25) is 0 Å². The molecule has 0 spiro atoms. The lowest BCUT2D eigenvalue weighted by Crippen LogP contribution is -2.30. The maximum Gasteiger partial charge on any atom is 0.306 e. The molecule has 0 fully saturated rings. The molecule has 0 saturated heterocycles. The summed E-state index contributed by atoms with van der Waals surface area (Å²) in [6.07, 6.45) is 68.6. The highest BCUT2D eigenvalue weighted by Gasteiger charge is 2.19. The summed E-state index contributed by atoms with van der Waals surface area (Å²) in [4.78, 5) is 37.8. The molecule has 1 atom stereocenters. The number of hydrogen-bond donors (Lipinski definition) is 0. The van der Waals surface area contributed by atoms with Crippen molar-refractivity contribution in [3.8, 4) is 0 Å². The lowest BCUT2D eigenvalue weighted by molar-refractivity contribution is -0.167. The molecule has 0 aliphatic heterocycles. The number of hydrogen-bond acceptors (Lipinski definition) is 6. The van der Waals surface area contributed by atoms with E-state index in [0.717, 1.165) is 122 Å². The highest BCUT2D eigenvalue weighted by molar-refractivity contribution is 5.71. The van der Waals surface area contributed by atoms with E-state index < -0.39 is 6.10 Å². The Kier molecular flexibility index (Phi) is 45.7. The van der Waals surface area contributed by atoms with Crippen molar-refractivity contribution in [1.29, 1.82) is 0 Å². The summed E-state index contributed by atoms with van der Waals surface area (Å²) in [5, 5.41) is 0. The lowest BCUT2D eigenvalue weighted by Gasteiger charge is -2.18. The van der Waals surface area contributed by atoms with Crippen LogP contribution in [0.25, 0.3) is 0 Å². The molecular weight excluding hydrogens is 769 g/mol. The second-order valence-electron chi connectivity index (χ2n) is 15.4. The zero-order valence-electron chi connectivity index (χ0n) is 39.3. The number of unbranched alkanes of at least 4 members (excludes halogenated alkanes) is 12. The van der Waals surface area contributed by atoms with E-state index in [4.69, 9.17) is 14.2 Å². The molecule has 6 heteroatoms. The molecule has 0 aliphatic carbocycles. The Morgan fingerprint density at radius 1 is 0.355 bits per heavy atom. The summed E-state index contributed by atoms with van der Waals surface area (Å²) >= 11 is 0. The Morgan fingerprint density at radius 3 is 1.19 bits per heavy atom. The number of carbonyl (C=O) groups is 3. The molecule has 6 nitrogen and oxygen atoms in total. The quantitative estimate of drug-likeness (QED) is 0.0200. The molecule has 346 valence electrons. The molecule has 0 aromatic rings. The molecule has 0 radical (unpaired) electrons. The third-order valence-electron chi connectivity index (χ3n) is 9.50. The first-order valence-corrected chi connectivity index (χ1v) is 24.3. The minimum absolute atomic E-state index is 0.118. The Bertz CT molecular complexity index is 1400. The standard InChI is InChI=1S/C56H86O6/c1-4-7-10-13-16-19-22-24-26-27-28-29-31-32-34-37-40-43-46-49-55(58)61-52-53(51-60-54(57)48-45-42-39-36-21-18-15-12-9-6-3)62-56(59)50-47-44-41-38-35-33-30-25-23-20-17-14-11-8-5-2/h7-8,10-11,14-20,23-26,28-30,32-35,53H,4-6,9,12-13,21-22,27,31,36-52H2,1-3H3/b10-7-,11-8-,17-14-,18-15-,19-16-,23-20-,26-24-,29-28-,30-25-,34-32-,35-33-. The maximum atomic E-state index is 12.7. The fraction of sp³-hybridized carbons (Fsp3) is 0.554. The predicted octanol–water partition coefficient (Wildman–Crippen LogP) is 15.9. The third-order valence-corrected chi connectivity index (χ3v) is 9.50. The molecule has 0 saturated carbocycles. The van der Waals surface area contributed by atoms with Crippen LogP contribution in [-0.2, 0) is 28.6 Å². The monoisotopic (exact) mass is 855 g/mol. The molecule has 0 heterocycles. The summed E-state index contributed by atoms with van der Waals surface area (Å²) in [5.41, 5.74) is 0. The van der Waals surface area contributed by atoms with E-state index in [1.165, 1.54) is 12.8 Å². The van der Waals surface area contributed by atoms with Crippen molar-refractivity contribution in [3.05, 3.63) is 134 Å². The third kappa shape index (κ3) is 46.6. The van der Waals surface area contributed by atoms with Crippen LogP contribution in [0.1, 0.15) is 181 Å². The molecule has 0 N–H and O–H groups in total. The van der Waals surface area contributed by atoms with Crippen LogP contribution >= 0.6 is 0 Å². The van der Waals surface area contributed by atoms with Crippen LogP contribution in [0.3, 0.4) is 0 Å². The Balaban J connectivity index is 4.54. The number of esters is 3. The zero-order chi connectivity index (χ0) is 45.1. The summed E-state index contributed by atoms with van der Waals surface area (Å²) in [6.45, 7) is 6.23. The molecule has 0 bridgehead atoms. The predicted molar refractivity (Wildman–Crippen MR) is 265 cm³/mol. The van der Waals surface area contributed by atoms with E-state index in [0.29, 0.717) is 19.3 Å². The first-order chi connectivity index (χ1) is 30.5. The van der Waals surface area contributed by atoms with E-state index >= 15 is 0 Å². The summed E-state index contributed by atoms with van der Waals surface area (Å²) in [6, 6.07) is 0. The largest absolute Gasteiger partial charge is 0.462 e. The Labute approximate surface area is 379 Å². The fourth-order valence-corrected chi connectivity index (χ4v) is 5.88. The van der Waals surface area contributed by atoms with Crippen molar-refractivity contribution in [2.75, 3.05) is 13.2 Å². The average molecular weight is 855 g/mol. The minimum Gasteiger partial charge on any atom is -0.462 e. The normalized spacial score (nSPS) is 13.3. The van der Waals surface area contributed by atoms with Gasteiger partial charge in [0.25, 0.3) is 0 Å². The van der Waals surface area contributed by atoms with Gasteiger partial charge in [-0.1, -0.05) is 193 Å². The van der Waals surface area contributed by atoms with Crippen molar-refractivity contribution in [3.63, 3.8) is 0 Å². The van der Waals surface area contributed by atoms with Gasteiger partial charge in [0.1, 0.15) is 13.2 Å². The zero-order valence-corrected chi connectivity index (χ0v) is 39.3. The molecule has 1 unspecified atom stereocenters. The molecular formula is C56H86O6. The number of ether oxygens (including phenoxy) is 3. The number of allylic oxidation sites excluding steroid dienone is 22. The van der Waals surface area contributed by atoms with Crippen LogP contribution < -0.4 is 0 Å². The molecule has 0 aromatic carbocycles. The second-order valence-corrected chi connectivity index (χ2v) is 15.4. The summed E-state index contributed by atoms with van der Waals surface area (Å²) in [7, 11) is 0. The maximum absolute atomic E-state index is 12.7. The van der Waals surface area contributed by atoms with Crippen molar-refractivity contribution in [2.45, 2.75) is 187 Å². The van der Waals surface area contributed by atoms with Gasteiger partial charge in [-0.2, -0.15) is 0 Å². The Morgan fingerprint density at radius 2 is 0.710 bits per heavy atom. The second kappa shape index (κ2) is 49.2. The highest BCUT2D eigenvalue weighted by Crippen LogP contribution is 2.11. The SMILES string of the molecule is CC\C=C/C=C\C=C/C=C\C=C/CCCCCC(=O)OC(COC(=O)CCCCC/C=C\C/C=C\C/C=C\C/C=C\C/C=C\CC)COC(=O)CCCCCC/C=C\CCCC. The first kappa shape index (κ1) is 57.5. The van der Waals surface area contributed by atoms with E-state index in [-0.39, 0.29) is 37.5 Å². The van der Waals surface area contributed by atoms with Gasteiger partial charge in [0.15, 0.2) is 6.10 Å². The molecule has 0 amide bonds. The lowest BCUT2D eigenvalue weighted by atomic mass is 10.1. The van der Waals surface area contributed by atoms with Gasteiger partial charge in [-0.05, 0) is 103 Å². The van der Waals surface area contributed by atoms with E-state index in [2.05, 4.69) is 106 Å². The number of rotatable bonds is 41. The van der Waals surface area contributed by atoms with Gasteiger partial charge in [0.2, 0.25) is 0 Å². The molecule has 0 aliphatic rings. The molecule has 0 rings (SSSR count). The molecule has 62 heavy (non-hydrogen) atoms. The van der Waals surface area contributed by atoms with Crippen LogP contribution in [0.5, 0.6) is 0 Å². The Hall–Kier alpha value is -4.45. The summed E-state index contributed by atoms with van der Waals surface area (Å²) < 4.78 is 16.7. The van der Waals surface area contributed by atoms with E-state index in [1.54, 1.807) is 0 Å². The van der Waals surface area contributed by atoms with Crippen molar-refractivity contribution >= 4 is 17.9 Å². The van der Waals surface area contributed by atoms with Gasteiger partial charge in [0, 0.05) is 19.3 Å². The van der Waals surface area contributed by atoms with Gasteiger partial charge in [-0.15, -0.1) is 0 Å². The van der Waals surface area contributed by atoms with Crippen LogP contribution in [-0.4, -0.2) is 37.2 Å². The smallest absolute Gasteiger partial charge is 0.306 e. The van der Waals surface area contributed by atoms with Gasteiger partial charge < -0.3 is 14.2 Å². The first-order valence-electron chi connectivity index (χ1n) is 24.3. The highest BCUT2D eigenvalue weighted by atomic mass is 16.6. The van der Waals surface area contributed by atoms with Crippen molar-refractivity contribution in [2.24, 2.45) is 0 Å². The van der Waals surface area contributed by atoms with Gasteiger partial charge in [-0.3, -0.25) is 14.4 Å². The van der Waals surface area contributed by atoms with E-state index in [9.17, 15) is 14.4 Å². The fourth-order valence-electron chi connectivity index (χ4n) is 5.88. The van der Waals surface area contributed by atoms with Crippen LogP contribution in [0, 0.1) is 0 Å². The van der Waals surface area contributed by atoms with Crippen LogP contribution in [0.4, 0.5) is 0 Å². The van der Waals surface area contributed by atoms with Crippen LogP contribution in [0.15, 0.2) is 134 Å². The van der Waals surface area contributed by atoms with Gasteiger partial charge in [-0.25, -0.2) is 0 Å². The number of carbonyl (C=O) groups excluding carboxylic acids is 3. The average Bonchev–Trinajstić information content (AvgIpc) is 3.27. The van der Waals surface area contributed by atoms with Crippen molar-refractivity contribution < 1.29 is 28.6 Å². The van der Waals surface area contributed by atoms with Gasteiger partial charge >= 0.3 is 17.9 Å². The molecule has 0 aromatic heterocycles. The van der Waals surface area contributed by atoms with Crippen molar-refractivity contribution in [1.82, 2.24) is 0 Å². The van der Waals surface area contributed by atoms with Gasteiger partial charge in [0.05, 0.1) is 0 Å².